The quantitative estimate of drug-likeness (QED) is 0.775. The first-order valence-corrected chi connectivity index (χ1v) is 7.16. The minimum absolute atomic E-state index is 0.436. The molecule has 2 heterocycles. The normalized spacial score (nSPS) is 15.8. The van der Waals surface area contributed by atoms with E-state index < -0.39 is 0 Å². The van der Waals surface area contributed by atoms with Crippen LogP contribution in [-0.2, 0) is 0 Å². The van der Waals surface area contributed by atoms with Gasteiger partial charge in [0.2, 0.25) is 0 Å². The summed E-state index contributed by atoms with van der Waals surface area (Å²) in [6, 6.07) is 4.18. The van der Waals surface area contributed by atoms with Crippen molar-refractivity contribution in [2.24, 2.45) is 0 Å². The third kappa shape index (κ3) is 2.01. The van der Waals surface area contributed by atoms with Gasteiger partial charge in [-0.25, -0.2) is 9.50 Å². The van der Waals surface area contributed by atoms with Gasteiger partial charge in [-0.1, -0.05) is 25.4 Å². The average Bonchev–Trinajstić information content (AvgIpc) is 3.12. The molecule has 96 valence electrons. The summed E-state index contributed by atoms with van der Waals surface area (Å²) in [5, 5.41) is 5.23. The van der Waals surface area contributed by atoms with Crippen molar-refractivity contribution in [2.45, 2.75) is 51.4 Å². The van der Waals surface area contributed by atoms with E-state index in [4.69, 9.17) is 11.6 Å². The molecule has 0 atom stereocenters. The largest absolute Gasteiger partial charge is 0.212 e. The molecule has 2 aromatic heterocycles. The summed E-state index contributed by atoms with van der Waals surface area (Å²) in [6.07, 6.45) is 4.70. The topological polar surface area (TPSA) is 30.2 Å². The van der Waals surface area contributed by atoms with Gasteiger partial charge in [0.25, 0.3) is 0 Å². The minimum atomic E-state index is 0.436. The van der Waals surface area contributed by atoms with Gasteiger partial charge in [0.05, 0.1) is 0 Å². The van der Waals surface area contributed by atoms with Crippen molar-refractivity contribution in [2.75, 3.05) is 0 Å². The maximum absolute atomic E-state index is 6.30. The summed E-state index contributed by atoms with van der Waals surface area (Å²) in [4.78, 5) is 4.65. The Balaban J connectivity index is 2.07. The molecule has 1 saturated carbocycles. The van der Waals surface area contributed by atoms with Crippen molar-refractivity contribution >= 4 is 17.2 Å². The first-order valence-electron chi connectivity index (χ1n) is 6.79. The fourth-order valence-electron chi connectivity index (χ4n) is 2.46. The van der Waals surface area contributed by atoms with E-state index in [9.17, 15) is 0 Å². The van der Waals surface area contributed by atoms with Gasteiger partial charge in [0.15, 0.2) is 11.5 Å². The standard InChI is InChI=1S/C14H18ClN3/c1-3-9(4-2)14-16-13-8-11(10-5-6-10)7-12(15)18(13)17-14/h7-10H,3-6H2,1-2H3. The third-order valence-electron chi connectivity index (χ3n) is 3.83. The molecule has 0 amide bonds. The van der Waals surface area contributed by atoms with E-state index in [-0.39, 0.29) is 0 Å². The Labute approximate surface area is 112 Å². The Kier molecular flexibility index (Phi) is 3.02. The van der Waals surface area contributed by atoms with Crippen LogP contribution in [0.15, 0.2) is 12.1 Å². The van der Waals surface area contributed by atoms with E-state index in [1.165, 1.54) is 18.4 Å². The van der Waals surface area contributed by atoms with E-state index in [1.807, 2.05) is 6.07 Å². The molecule has 0 radical (unpaired) electrons. The Bertz CT molecular complexity index is 568. The van der Waals surface area contributed by atoms with Gasteiger partial charge in [0.1, 0.15) is 5.15 Å². The molecule has 0 bridgehead atoms. The van der Waals surface area contributed by atoms with Crippen molar-refractivity contribution in [3.63, 3.8) is 0 Å². The zero-order valence-corrected chi connectivity index (χ0v) is 11.6. The minimum Gasteiger partial charge on any atom is -0.212 e. The van der Waals surface area contributed by atoms with Crippen molar-refractivity contribution in [1.29, 1.82) is 0 Å². The molecule has 18 heavy (non-hydrogen) atoms. The van der Waals surface area contributed by atoms with E-state index >= 15 is 0 Å². The summed E-state index contributed by atoms with van der Waals surface area (Å²) in [6.45, 7) is 4.36. The number of halogens is 1. The fraction of sp³-hybridized carbons (Fsp3) is 0.571. The molecule has 0 spiro atoms. The zero-order chi connectivity index (χ0) is 12.7. The zero-order valence-electron chi connectivity index (χ0n) is 10.9. The third-order valence-corrected chi connectivity index (χ3v) is 4.10. The Hall–Kier alpha value is -1.09. The number of fused-ring (bicyclic) bond motifs is 1. The van der Waals surface area contributed by atoms with Crippen LogP contribution >= 0.6 is 11.6 Å². The van der Waals surface area contributed by atoms with E-state index in [0.717, 1.165) is 24.3 Å². The Morgan fingerprint density at radius 3 is 2.67 bits per heavy atom. The highest BCUT2D eigenvalue weighted by Crippen LogP contribution is 2.41. The summed E-state index contributed by atoms with van der Waals surface area (Å²) < 4.78 is 1.76. The van der Waals surface area contributed by atoms with Gasteiger partial charge in [-0.15, -0.1) is 5.10 Å². The summed E-state index contributed by atoms with van der Waals surface area (Å²) in [5.41, 5.74) is 2.21. The number of rotatable bonds is 4. The van der Waals surface area contributed by atoms with Crippen LogP contribution in [-0.4, -0.2) is 14.6 Å². The predicted octanol–water partition coefficient (Wildman–Crippen LogP) is 4.16. The number of aromatic nitrogens is 3. The van der Waals surface area contributed by atoms with Crippen LogP contribution in [0.3, 0.4) is 0 Å². The number of hydrogen-bond donors (Lipinski definition) is 0. The molecule has 1 aliphatic rings. The van der Waals surface area contributed by atoms with Crippen molar-refractivity contribution < 1.29 is 0 Å². The van der Waals surface area contributed by atoms with Crippen LogP contribution in [0.1, 0.15) is 62.8 Å². The highest BCUT2D eigenvalue weighted by molar-refractivity contribution is 6.29. The molecule has 3 nitrogen and oxygen atoms in total. The number of hydrogen-bond acceptors (Lipinski definition) is 2. The second-order valence-corrected chi connectivity index (χ2v) is 5.53. The van der Waals surface area contributed by atoms with Crippen LogP contribution in [0.2, 0.25) is 5.15 Å². The molecule has 1 fully saturated rings. The van der Waals surface area contributed by atoms with Crippen molar-refractivity contribution in [3.8, 4) is 0 Å². The second-order valence-electron chi connectivity index (χ2n) is 5.14. The van der Waals surface area contributed by atoms with Gasteiger partial charge < -0.3 is 0 Å². The van der Waals surface area contributed by atoms with E-state index in [1.54, 1.807) is 4.52 Å². The molecule has 0 saturated heterocycles. The van der Waals surface area contributed by atoms with Gasteiger partial charge >= 0.3 is 0 Å². The maximum atomic E-state index is 6.30. The average molecular weight is 264 g/mol. The van der Waals surface area contributed by atoms with Crippen LogP contribution in [0.25, 0.3) is 5.65 Å². The van der Waals surface area contributed by atoms with E-state index in [2.05, 4.69) is 30.0 Å². The molecule has 0 unspecified atom stereocenters. The van der Waals surface area contributed by atoms with E-state index in [0.29, 0.717) is 17.0 Å². The lowest BCUT2D eigenvalue weighted by Crippen LogP contribution is -1.98. The highest BCUT2D eigenvalue weighted by atomic mass is 35.5. The number of nitrogens with zero attached hydrogens (tertiary/aromatic N) is 3. The Morgan fingerprint density at radius 1 is 1.33 bits per heavy atom. The SMILES string of the molecule is CCC(CC)c1nc2cc(C3CC3)cc(Cl)n2n1. The first-order chi connectivity index (χ1) is 8.72. The molecule has 1 aliphatic carbocycles. The van der Waals surface area contributed by atoms with Gasteiger partial charge in [-0.3, -0.25) is 0 Å². The molecule has 0 aromatic carbocycles. The molecular weight excluding hydrogens is 246 g/mol. The summed E-state index contributed by atoms with van der Waals surface area (Å²) in [7, 11) is 0. The van der Waals surface area contributed by atoms with Gasteiger partial charge in [-0.05, 0) is 49.3 Å². The second kappa shape index (κ2) is 4.54. The number of pyridine rings is 1. The molecule has 2 aromatic rings. The summed E-state index contributed by atoms with van der Waals surface area (Å²) in [5.74, 6) is 2.06. The van der Waals surface area contributed by atoms with Crippen LogP contribution in [0, 0.1) is 0 Å². The lowest BCUT2D eigenvalue weighted by atomic mass is 10.0. The lowest BCUT2D eigenvalue weighted by molar-refractivity contribution is 0.601. The lowest BCUT2D eigenvalue weighted by Gasteiger charge is -2.05. The molecular formula is C14H18ClN3. The molecule has 4 heteroatoms. The highest BCUT2D eigenvalue weighted by Gasteiger charge is 2.25. The van der Waals surface area contributed by atoms with Crippen LogP contribution in [0.5, 0.6) is 0 Å². The van der Waals surface area contributed by atoms with Crippen LogP contribution in [0.4, 0.5) is 0 Å². The molecule has 3 rings (SSSR count). The van der Waals surface area contributed by atoms with Crippen molar-refractivity contribution in [3.05, 3.63) is 28.7 Å². The smallest absolute Gasteiger partial charge is 0.157 e. The fourth-order valence-corrected chi connectivity index (χ4v) is 2.71. The Morgan fingerprint density at radius 2 is 2.06 bits per heavy atom. The van der Waals surface area contributed by atoms with Crippen molar-refractivity contribution in [1.82, 2.24) is 14.6 Å². The van der Waals surface area contributed by atoms with Gasteiger partial charge in [-0.2, -0.15) is 0 Å². The molecule has 0 N–H and O–H groups in total. The monoisotopic (exact) mass is 263 g/mol. The molecule has 0 aliphatic heterocycles. The van der Waals surface area contributed by atoms with Gasteiger partial charge in [0, 0.05) is 5.92 Å². The summed E-state index contributed by atoms with van der Waals surface area (Å²) >= 11 is 6.30. The maximum Gasteiger partial charge on any atom is 0.157 e. The van der Waals surface area contributed by atoms with Crippen LogP contribution < -0.4 is 0 Å². The predicted molar refractivity (Wildman–Crippen MR) is 73.3 cm³/mol. The first kappa shape index (κ1) is 12.0.